The van der Waals surface area contributed by atoms with Gasteiger partial charge in [-0.1, -0.05) is 6.08 Å². The summed E-state index contributed by atoms with van der Waals surface area (Å²) in [7, 11) is 0. The van der Waals surface area contributed by atoms with Gasteiger partial charge < -0.3 is 34.6 Å². The van der Waals surface area contributed by atoms with E-state index >= 15 is 0 Å². The largest absolute Gasteiger partial charge is 0.394 e. The minimum Gasteiger partial charge on any atom is -0.394 e. The summed E-state index contributed by atoms with van der Waals surface area (Å²) in [4.78, 5) is 0. The van der Waals surface area contributed by atoms with Crippen molar-refractivity contribution in [3.8, 4) is 0 Å². The molecule has 0 aliphatic rings. The molecule has 0 saturated carbocycles. The Kier molecular flexibility index (Phi) is 12.1. The summed E-state index contributed by atoms with van der Waals surface area (Å²) in [5.74, 6) is 0. The van der Waals surface area contributed by atoms with Gasteiger partial charge in [0.05, 0.1) is 46.2 Å². The van der Waals surface area contributed by atoms with E-state index in [0.717, 1.165) is 0 Å². The highest BCUT2D eigenvalue weighted by Crippen LogP contribution is 1.93. The number of hydrogen-bond acceptors (Lipinski definition) is 7. The van der Waals surface area contributed by atoms with Gasteiger partial charge in [-0.15, -0.1) is 6.58 Å². The van der Waals surface area contributed by atoms with Crippen LogP contribution in [0.15, 0.2) is 12.7 Å². The molecule has 0 aliphatic carbocycles. The number of ether oxygens (including phenoxy) is 3. The van der Waals surface area contributed by atoms with Crippen molar-refractivity contribution in [1.29, 1.82) is 0 Å². The van der Waals surface area contributed by atoms with Gasteiger partial charge in [0.1, 0.15) is 18.3 Å². The molecule has 3 atom stereocenters. The van der Waals surface area contributed by atoms with Gasteiger partial charge in [0.15, 0.2) is 0 Å². The fourth-order valence-electron chi connectivity index (χ4n) is 1.12. The van der Waals surface area contributed by atoms with Crippen molar-refractivity contribution in [2.24, 2.45) is 0 Å². The van der Waals surface area contributed by atoms with Crippen LogP contribution in [0.5, 0.6) is 0 Å². The summed E-state index contributed by atoms with van der Waals surface area (Å²) in [6.45, 7) is 3.58. The fraction of sp³-hybridized carbons (Fsp3) is 0.833. The molecule has 0 bridgehead atoms. The second-order valence-electron chi connectivity index (χ2n) is 4.05. The standard InChI is InChI=1S/C12H24O7/c1-2-3-17-6-11(15)7-19-9-12(16)8-18-5-10(14)4-13/h2,10-16H,1,3-9H2. The number of rotatable bonds is 13. The van der Waals surface area contributed by atoms with E-state index in [-0.39, 0.29) is 39.6 Å². The highest BCUT2D eigenvalue weighted by Gasteiger charge is 2.09. The third kappa shape index (κ3) is 12.2. The Hall–Kier alpha value is -0.540. The van der Waals surface area contributed by atoms with Gasteiger partial charge in [0.2, 0.25) is 0 Å². The lowest BCUT2D eigenvalue weighted by Gasteiger charge is -2.15. The van der Waals surface area contributed by atoms with Gasteiger partial charge in [-0.2, -0.15) is 0 Å². The molecule has 7 nitrogen and oxygen atoms in total. The van der Waals surface area contributed by atoms with Crippen LogP contribution in [-0.2, 0) is 14.2 Å². The first-order valence-corrected chi connectivity index (χ1v) is 6.09. The molecule has 19 heavy (non-hydrogen) atoms. The summed E-state index contributed by atoms with van der Waals surface area (Å²) >= 11 is 0. The summed E-state index contributed by atoms with van der Waals surface area (Å²) in [5.41, 5.74) is 0. The topological polar surface area (TPSA) is 109 Å². The van der Waals surface area contributed by atoms with Gasteiger partial charge in [-0.25, -0.2) is 0 Å². The molecular formula is C12H24O7. The van der Waals surface area contributed by atoms with Crippen LogP contribution >= 0.6 is 0 Å². The average molecular weight is 280 g/mol. The van der Waals surface area contributed by atoms with Crippen molar-refractivity contribution in [2.45, 2.75) is 18.3 Å². The molecule has 4 N–H and O–H groups in total. The Labute approximate surface area is 113 Å². The minimum atomic E-state index is -0.947. The van der Waals surface area contributed by atoms with Gasteiger partial charge in [0.25, 0.3) is 0 Å². The SMILES string of the molecule is C=CCOCC(O)COCC(O)COCC(O)CO. The van der Waals surface area contributed by atoms with Crippen LogP contribution in [0.25, 0.3) is 0 Å². The van der Waals surface area contributed by atoms with E-state index < -0.39 is 18.3 Å². The zero-order valence-electron chi connectivity index (χ0n) is 11.0. The molecule has 0 amide bonds. The highest BCUT2D eigenvalue weighted by molar-refractivity contribution is 4.64. The summed E-state index contributed by atoms with van der Waals surface area (Å²) in [6.07, 6.45) is -0.983. The number of aliphatic hydroxyl groups excluding tert-OH is 4. The van der Waals surface area contributed by atoms with E-state index in [4.69, 9.17) is 24.4 Å². The Morgan fingerprint density at radius 2 is 1.21 bits per heavy atom. The monoisotopic (exact) mass is 280 g/mol. The smallest absolute Gasteiger partial charge is 0.101 e. The van der Waals surface area contributed by atoms with E-state index in [1.165, 1.54) is 0 Å². The predicted octanol–water partition coefficient (Wildman–Crippen LogP) is -1.70. The quantitative estimate of drug-likeness (QED) is 0.235. The Balaban J connectivity index is 3.41. The first-order chi connectivity index (χ1) is 9.10. The molecule has 114 valence electrons. The van der Waals surface area contributed by atoms with Crippen LogP contribution in [0, 0.1) is 0 Å². The maximum Gasteiger partial charge on any atom is 0.101 e. The molecule has 7 heteroatoms. The second-order valence-corrected chi connectivity index (χ2v) is 4.05. The van der Waals surface area contributed by atoms with Crippen LogP contribution in [0.3, 0.4) is 0 Å². The zero-order valence-corrected chi connectivity index (χ0v) is 11.0. The number of aliphatic hydroxyl groups is 4. The van der Waals surface area contributed by atoms with Gasteiger partial charge in [0, 0.05) is 0 Å². The Bertz CT molecular complexity index is 212. The summed E-state index contributed by atoms with van der Waals surface area (Å²) in [5, 5.41) is 36.4. The zero-order chi connectivity index (χ0) is 14.5. The van der Waals surface area contributed by atoms with Crippen molar-refractivity contribution >= 4 is 0 Å². The van der Waals surface area contributed by atoms with Crippen LogP contribution in [0.1, 0.15) is 0 Å². The highest BCUT2D eigenvalue weighted by atomic mass is 16.5. The molecule has 0 heterocycles. The molecule has 3 unspecified atom stereocenters. The molecule has 0 radical (unpaired) electrons. The van der Waals surface area contributed by atoms with Crippen molar-refractivity contribution < 1.29 is 34.6 Å². The number of hydrogen-bond donors (Lipinski definition) is 4. The van der Waals surface area contributed by atoms with E-state index in [0.29, 0.717) is 6.61 Å². The van der Waals surface area contributed by atoms with Crippen LogP contribution in [0.4, 0.5) is 0 Å². The van der Waals surface area contributed by atoms with Crippen molar-refractivity contribution in [1.82, 2.24) is 0 Å². The second kappa shape index (κ2) is 12.5. The molecule has 0 fully saturated rings. The first-order valence-electron chi connectivity index (χ1n) is 6.09. The molecule has 0 aromatic rings. The van der Waals surface area contributed by atoms with Gasteiger partial charge in [-0.3, -0.25) is 0 Å². The summed E-state index contributed by atoms with van der Waals surface area (Å²) in [6, 6.07) is 0. The lowest BCUT2D eigenvalue weighted by molar-refractivity contribution is -0.0662. The summed E-state index contributed by atoms with van der Waals surface area (Å²) < 4.78 is 15.0. The molecule has 0 aliphatic heterocycles. The minimum absolute atomic E-state index is 0.00768. The van der Waals surface area contributed by atoms with E-state index in [2.05, 4.69) is 6.58 Å². The van der Waals surface area contributed by atoms with Crippen molar-refractivity contribution in [2.75, 3.05) is 46.2 Å². The van der Waals surface area contributed by atoms with Gasteiger partial charge in [-0.05, 0) is 0 Å². The van der Waals surface area contributed by atoms with E-state index in [1.807, 2.05) is 0 Å². The maximum atomic E-state index is 9.44. The molecule has 0 saturated heterocycles. The van der Waals surface area contributed by atoms with Gasteiger partial charge >= 0.3 is 0 Å². The normalized spacial score (nSPS) is 16.0. The van der Waals surface area contributed by atoms with E-state index in [9.17, 15) is 10.2 Å². The Morgan fingerprint density at radius 3 is 1.63 bits per heavy atom. The van der Waals surface area contributed by atoms with Crippen LogP contribution < -0.4 is 0 Å². The molecule has 0 aromatic heterocycles. The van der Waals surface area contributed by atoms with Crippen molar-refractivity contribution in [3.63, 3.8) is 0 Å². The predicted molar refractivity (Wildman–Crippen MR) is 67.8 cm³/mol. The van der Waals surface area contributed by atoms with Crippen LogP contribution in [-0.4, -0.2) is 85.0 Å². The average Bonchev–Trinajstić information content (AvgIpc) is 2.38. The Morgan fingerprint density at radius 1 is 0.789 bits per heavy atom. The van der Waals surface area contributed by atoms with Crippen LogP contribution in [0.2, 0.25) is 0 Å². The molecular weight excluding hydrogens is 256 g/mol. The fourth-order valence-corrected chi connectivity index (χ4v) is 1.12. The lowest BCUT2D eigenvalue weighted by Crippen LogP contribution is -2.29. The third-order valence-electron chi connectivity index (χ3n) is 2.00. The maximum absolute atomic E-state index is 9.44. The van der Waals surface area contributed by atoms with Crippen molar-refractivity contribution in [3.05, 3.63) is 12.7 Å². The first kappa shape index (κ1) is 18.5. The van der Waals surface area contributed by atoms with E-state index in [1.54, 1.807) is 6.08 Å². The molecule has 0 spiro atoms. The lowest BCUT2D eigenvalue weighted by atomic mass is 10.4. The molecule has 0 rings (SSSR count). The third-order valence-corrected chi connectivity index (χ3v) is 2.00. The molecule has 0 aromatic carbocycles.